The van der Waals surface area contributed by atoms with E-state index in [1.165, 1.54) is 6.07 Å². The molecule has 1 heterocycles. The summed E-state index contributed by atoms with van der Waals surface area (Å²) in [5, 5.41) is 2.88. The number of piperidine rings is 1. The predicted octanol–water partition coefficient (Wildman–Crippen LogP) is 3.36. The first-order valence-corrected chi connectivity index (χ1v) is 9.31. The lowest BCUT2D eigenvalue weighted by Crippen LogP contribution is -2.49. The van der Waals surface area contributed by atoms with Crippen LogP contribution in [0.25, 0.3) is 0 Å². The third kappa shape index (κ3) is 6.73. The highest BCUT2D eigenvalue weighted by molar-refractivity contribution is 5.80. The highest BCUT2D eigenvalue weighted by Gasteiger charge is 2.31. The van der Waals surface area contributed by atoms with Crippen LogP contribution in [-0.2, 0) is 9.53 Å². The van der Waals surface area contributed by atoms with Crippen molar-refractivity contribution in [3.05, 3.63) is 30.1 Å². The van der Waals surface area contributed by atoms with Gasteiger partial charge in [-0.1, -0.05) is 12.1 Å². The number of carbonyl (C=O) groups is 2. The summed E-state index contributed by atoms with van der Waals surface area (Å²) in [5.74, 6) is -0.696. The number of halogens is 1. The van der Waals surface area contributed by atoms with Gasteiger partial charge in [0.25, 0.3) is 0 Å². The number of nitrogens with one attached hydrogen (secondary N) is 1. The molecule has 0 aliphatic carbocycles. The van der Waals surface area contributed by atoms with Crippen LogP contribution in [0.3, 0.4) is 0 Å². The number of hydrogen-bond donors (Lipinski definition) is 1. The van der Waals surface area contributed by atoms with Gasteiger partial charge in [0.1, 0.15) is 12.2 Å². The number of benzene rings is 1. The lowest BCUT2D eigenvalue weighted by Gasteiger charge is -2.33. The van der Waals surface area contributed by atoms with Crippen LogP contribution in [0.5, 0.6) is 5.75 Å². The van der Waals surface area contributed by atoms with Crippen molar-refractivity contribution in [3.8, 4) is 5.75 Å². The number of rotatable bonds is 5. The van der Waals surface area contributed by atoms with E-state index in [2.05, 4.69) is 5.32 Å². The van der Waals surface area contributed by atoms with Crippen LogP contribution >= 0.6 is 0 Å². The Labute approximate surface area is 160 Å². The second-order valence-corrected chi connectivity index (χ2v) is 7.92. The molecule has 0 bridgehead atoms. The molecule has 150 valence electrons. The molecule has 2 rings (SSSR count). The Morgan fingerprint density at radius 1 is 1.33 bits per heavy atom. The standard InChI is InChI=1S/C20H29FN2O4/c1-14(13-26-17-10-6-5-9-16(17)21)22-18(24)15-8-7-11-23(12-15)19(25)27-20(2,3)4/h5-6,9-10,14-15H,7-8,11-13H2,1-4H3,(H,22,24). The minimum Gasteiger partial charge on any atom is -0.488 e. The van der Waals surface area contributed by atoms with Crippen molar-refractivity contribution in [3.63, 3.8) is 0 Å². The van der Waals surface area contributed by atoms with Crippen molar-refractivity contribution >= 4 is 12.0 Å². The second kappa shape index (κ2) is 9.06. The van der Waals surface area contributed by atoms with Crippen molar-refractivity contribution in [2.45, 2.75) is 52.2 Å². The zero-order valence-corrected chi connectivity index (χ0v) is 16.5. The molecule has 1 N–H and O–H groups in total. The Balaban J connectivity index is 1.82. The van der Waals surface area contributed by atoms with E-state index >= 15 is 0 Å². The van der Waals surface area contributed by atoms with Crippen LogP contribution in [0.15, 0.2) is 24.3 Å². The van der Waals surface area contributed by atoms with Gasteiger partial charge in [0.15, 0.2) is 11.6 Å². The summed E-state index contributed by atoms with van der Waals surface area (Å²) in [5.41, 5.74) is -0.565. The van der Waals surface area contributed by atoms with E-state index < -0.39 is 17.5 Å². The molecule has 0 aromatic heterocycles. The van der Waals surface area contributed by atoms with Crippen molar-refractivity contribution in [2.75, 3.05) is 19.7 Å². The quantitative estimate of drug-likeness (QED) is 0.851. The first-order chi connectivity index (χ1) is 12.7. The van der Waals surface area contributed by atoms with E-state index in [-0.39, 0.29) is 30.2 Å². The maximum absolute atomic E-state index is 13.6. The molecule has 0 radical (unpaired) electrons. The van der Waals surface area contributed by atoms with Crippen molar-refractivity contribution < 1.29 is 23.5 Å². The highest BCUT2D eigenvalue weighted by atomic mass is 19.1. The Hall–Kier alpha value is -2.31. The SMILES string of the molecule is CC(COc1ccccc1F)NC(=O)C1CCCN(C(=O)OC(C)(C)C)C1. The fraction of sp³-hybridized carbons (Fsp3) is 0.600. The fourth-order valence-electron chi connectivity index (χ4n) is 2.86. The zero-order chi connectivity index (χ0) is 20.0. The minimum absolute atomic E-state index is 0.132. The maximum atomic E-state index is 13.6. The van der Waals surface area contributed by atoms with Gasteiger partial charge < -0.3 is 19.7 Å². The molecule has 1 aliphatic heterocycles. The van der Waals surface area contributed by atoms with Gasteiger partial charge in [-0.2, -0.15) is 0 Å². The van der Waals surface area contributed by atoms with Gasteiger partial charge in [0.05, 0.1) is 12.0 Å². The lowest BCUT2D eigenvalue weighted by atomic mass is 9.97. The van der Waals surface area contributed by atoms with Gasteiger partial charge in [-0.05, 0) is 52.7 Å². The average molecular weight is 380 g/mol. The summed E-state index contributed by atoms with van der Waals surface area (Å²) in [6.07, 6.45) is 1.07. The Morgan fingerprint density at radius 2 is 2.04 bits per heavy atom. The minimum atomic E-state index is -0.565. The van der Waals surface area contributed by atoms with E-state index in [1.807, 2.05) is 20.8 Å². The number of ether oxygens (including phenoxy) is 2. The third-order valence-corrected chi connectivity index (χ3v) is 4.16. The van der Waals surface area contributed by atoms with Crippen molar-refractivity contribution in [1.29, 1.82) is 0 Å². The van der Waals surface area contributed by atoms with Gasteiger partial charge in [0, 0.05) is 13.1 Å². The molecular weight excluding hydrogens is 351 g/mol. The summed E-state index contributed by atoms with van der Waals surface area (Å²) < 4.78 is 24.4. The molecule has 0 spiro atoms. The summed E-state index contributed by atoms with van der Waals surface area (Å²) >= 11 is 0. The second-order valence-electron chi connectivity index (χ2n) is 7.92. The Bertz CT molecular complexity index is 660. The van der Waals surface area contributed by atoms with Gasteiger partial charge in [-0.3, -0.25) is 4.79 Å². The molecule has 1 aromatic carbocycles. The summed E-state index contributed by atoms with van der Waals surface area (Å²) in [6, 6.07) is 5.87. The molecule has 6 nitrogen and oxygen atoms in total. The number of amides is 2. The number of nitrogens with zero attached hydrogens (tertiary/aromatic N) is 1. The fourth-order valence-corrected chi connectivity index (χ4v) is 2.86. The summed E-state index contributed by atoms with van der Waals surface area (Å²) in [4.78, 5) is 26.3. The van der Waals surface area contributed by atoms with Crippen LogP contribution in [0, 0.1) is 11.7 Å². The van der Waals surface area contributed by atoms with Gasteiger partial charge >= 0.3 is 6.09 Å². The number of carbonyl (C=O) groups excluding carboxylic acids is 2. The van der Waals surface area contributed by atoms with Crippen LogP contribution in [0.4, 0.5) is 9.18 Å². The van der Waals surface area contributed by atoms with Gasteiger partial charge in [-0.15, -0.1) is 0 Å². The normalized spacial score (nSPS) is 18.6. The average Bonchev–Trinajstić information content (AvgIpc) is 2.59. The topological polar surface area (TPSA) is 67.9 Å². The first kappa shape index (κ1) is 21.0. The molecular formula is C20H29FN2O4. The number of likely N-dealkylation sites (tertiary alicyclic amines) is 1. The molecule has 1 saturated heterocycles. The van der Waals surface area contributed by atoms with E-state index in [4.69, 9.17) is 9.47 Å². The molecule has 1 fully saturated rings. The Morgan fingerprint density at radius 3 is 2.70 bits per heavy atom. The van der Waals surface area contributed by atoms with E-state index in [1.54, 1.807) is 30.0 Å². The van der Waals surface area contributed by atoms with E-state index in [0.29, 0.717) is 19.5 Å². The molecule has 2 unspecified atom stereocenters. The molecule has 2 amide bonds. The number of hydrogen-bond acceptors (Lipinski definition) is 4. The van der Waals surface area contributed by atoms with E-state index in [0.717, 1.165) is 6.42 Å². The monoisotopic (exact) mass is 380 g/mol. The van der Waals surface area contributed by atoms with Crippen LogP contribution in [-0.4, -0.2) is 48.2 Å². The molecule has 1 aromatic rings. The van der Waals surface area contributed by atoms with Crippen LogP contribution < -0.4 is 10.1 Å². The van der Waals surface area contributed by atoms with Gasteiger partial charge in [0.2, 0.25) is 5.91 Å². The van der Waals surface area contributed by atoms with Crippen LogP contribution in [0.1, 0.15) is 40.5 Å². The maximum Gasteiger partial charge on any atom is 0.410 e. The largest absolute Gasteiger partial charge is 0.488 e. The zero-order valence-electron chi connectivity index (χ0n) is 16.5. The molecule has 0 saturated carbocycles. The van der Waals surface area contributed by atoms with Crippen LogP contribution in [0.2, 0.25) is 0 Å². The molecule has 7 heteroatoms. The van der Waals surface area contributed by atoms with Crippen molar-refractivity contribution in [2.24, 2.45) is 5.92 Å². The van der Waals surface area contributed by atoms with E-state index in [9.17, 15) is 14.0 Å². The molecule has 1 aliphatic rings. The third-order valence-electron chi connectivity index (χ3n) is 4.16. The molecule has 27 heavy (non-hydrogen) atoms. The Kier molecular flexibility index (Phi) is 7.05. The lowest BCUT2D eigenvalue weighted by molar-refractivity contribution is -0.127. The van der Waals surface area contributed by atoms with Crippen molar-refractivity contribution in [1.82, 2.24) is 10.2 Å². The summed E-state index contributed by atoms with van der Waals surface area (Å²) in [7, 11) is 0. The highest BCUT2D eigenvalue weighted by Crippen LogP contribution is 2.20. The smallest absolute Gasteiger partial charge is 0.410 e. The number of para-hydroxylation sites is 1. The molecule has 2 atom stereocenters. The summed E-state index contributed by atoms with van der Waals surface area (Å²) in [6.45, 7) is 8.33. The first-order valence-electron chi connectivity index (χ1n) is 9.31. The predicted molar refractivity (Wildman–Crippen MR) is 100 cm³/mol. The van der Waals surface area contributed by atoms with Gasteiger partial charge in [-0.25, -0.2) is 9.18 Å².